The number of halogens is 1. The molecule has 0 aliphatic carbocycles. The zero-order valence-corrected chi connectivity index (χ0v) is 15.8. The highest BCUT2D eigenvalue weighted by molar-refractivity contribution is 6.30. The fraction of sp³-hybridized carbons (Fsp3) is 0.158. The first-order chi connectivity index (χ1) is 12.8. The van der Waals surface area contributed by atoms with Crippen molar-refractivity contribution in [2.24, 2.45) is 0 Å². The summed E-state index contributed by atoms with van der Waals surface area (Å²) >= 11 is 5.97. The summed E-state index contributed by atoms with van der Waals surface area (Å²) in [7, 11) is 0. The molecule has 0 amide bonds. The summed E-state index contributed by atoms with van der Waals surface area (Å²) in [6.45, 7) is 5.73. The standard InChI is InChI=1S/C19H18ClN5O2/c1-11-4-5-12(2)16(8-11)24-19-17(25(26)27)18(21-10-22-19)23-15-7-6-14(20)9-13(15)3/h4-10H,1-3H3,(H2,21,22,23,24). The molecule has 0 radical (unpaired) electrons. The molecular formula is C19H18ClN5O2. The van der Waals surface area contributed by atoms with E-state index in [0.29, 0.717) is 10.7 Å². The van der Waals surface area contributed by atoms with Gasteiger partial charge in [0, 0.05) is 16.4 Å². The minimum absolute atomic E-state index is 0.105. The van der Waals surface area contributed by atoms with E-state index < -0.39 is 4.92 Å². The van der Waals surface area contributed by atoms with Crippen molar-refractivity contribution in [2.45, 2.75) is 20.8 Å². The number of anilines is 4. The van der Waals surface area contributed by atoms with Crippen molar-refractivity contribution in [1.29, 1.82) is 0 Å². The van der Waals surface area contributed by atoms with E-state index in [1.165, 1.54) is 6.33 Å². The quantitative estimate of drug-likeness (QED) is 0.449. The molecule has 2 N–H and O–H groups in total. The molecule has 8 heteroatoms. The summed E-state index contributed by atoms with van der Waals surface area (Å²) in [4.78, 5) is 19.4. The number of hydrogen-bond donors (Lipinski definition) is 2. The molecule has 0 atom stereocenters. The van der Waals surface area contributed by atoms with Gasteiger partial charge in [0.1, 0.15) is 6.33 Å². The van der Waals surface area contributed by atoms with E-state index in [9.17, 15) is 10.1 Å². The van der Waals surface area contributed by atoms with Crippen molar-refractivity contribution in [3.8, 4) is 0 Å². The van der Waals surface area contributed by atoms with Gasteiger partial charge in [0.15, 0.2) is 0 Å². The van der Waals surface area contributed by atoms with E-state index >= 15 is 0 Å². The molecule has 138 valence electrons. The number of benzene rings is 2. The van der Waals surface area contributed by atoms with Gasteiger partial charge >= 0.3 is 5.69 Å². The van der Waals surface area contributed by atoms with Gasteiger partial charge in [-0.3, -0.25) is 10.1 Å². The average molecular weight is 384 g/mol. The summed E-state index contributed by atoms with van der Waals surface area (Å²) in [6.07, 6.45) is 1.29. The lowest BCUT2D eigenvalue weighted by Crippen LogP contribution is -2.06. The van der Waals surface area contributed by atoms with Gasteiger partial charge in [-0.05, 0) is 61.7 Å². The molecule has 1 heterocycles. The lowest BCUT2D eigenvalue weighted by atomic mass is 10.1. The van der Waals surface area contributed by atoms with Crippen molar-refractivity contribution in [1.82, 2.24) is 9.97 Å². The van der Waals surface area contributed by atoms with E-state index in [4.69, 9.17) is 11.6 Å². The van der Waals surface area contributed by atoms with Crippen molar-refractivity contribution >= 4 is 40.3 Å². The minimum atomic E-state index is -0.499. The molecule has 1 aromatic heterocycles. The number of rotatable bonds is 5. The summed E-state index contributed by atoms with van der Waals surface area (Å²) < 4.78 is 0. The molecule has 0 saturated carbocycles. The number of aryl methyl sites for hydroxylation is 3. The van der Waals surface area contributed by atoms with Crippen molar-refractivity contribution in [3.05, 3.63) is 74.6 Å². The smallest absolute Gasteiger partial charge is 0.334 e. The summed E-state index contributed by atoms with van der Waals surface area (Å²) in [5, 5.41) is 18.4. The second-order valence-electron chi connectivity index (χ2n) is 6.20. The Kier molecular flexibility index (Phi) is 5.23. The first-order valence-corrected chi connectivity index (χ1v) is 8.60. The van der Waals surface area contributed by atoms with Gasteiger partial charge in [0.2, 0.25) is 11.6 Å². The summed E-state index contributed by atoms with van der Waals surface area (Å²) in [5.74, 6) is 0.228. The lowest BCUT2D eigenvalue weighted by molar-refractivity contribution is -0.383. The monoisotopic (exact) mass is 383 g/mol. The normalized spacial score (nSPS) is 10.5. The number of hydrogen-bond acceptors (Lipinski definition) is 6. The predicted octanol–water partition coefficient (Wildman–Crippen LogP) is 5.45. The average Bonchev–Trinajstić information content (AvgIpc) is 2.60. The SMILES string of the molecule is Cc1ccc(C)c(Nc2ncnc(Nc3ccc(Cl)cc3C)c2[N+](=O)[O-])c1. The summed E-state index contributed by atoms with van der Waals surface area (Å²) in [6, 6.07) is 11.1. The third kappa shape index (κ3) is 4.15. The number of nitro groups is 1. The maximum absolute atomic E-state index is 11.7. The molecule has 0 bridgehead atoms. The van der Waals surface area contributed by atoms with Crippen LogP contribution in [0.1, 0.15) is 16.7 Å². The van der Waals surface area contributed by atoms with Crippen LogP contribution in [0.4, 0.5) is 28.7 Å². The largest absolute Gasteiger partial charge is 0.353 e. The first-order valence-electron chi connectivity index (χ1n) is 8.22. The Bertz CT molecular complexity index is 1020. The van der Waals surface area contributed by atoms with Gasteiger partial charge in [-0.15, -0.1) is 0 Å². The molecule has 3 rings (SSSR count). The zero-order chi connectivity index (χ0) is 19.6. The van der Waals surface area contributed by atoms with Crippen LogP contribution in [0.2, 0.25) is 5.02 Å². The molecule has 0 saturated heterocycles. The van der Waals surface area contributed by atoms with E-state index in [1.807, 2.05) is 39.0 Å². The van der Waals surface area contributed by atoms with Crippen LogP contribution < -0.4 is 10.6 Å². The maximum atomic E-state index is 11.7. The molecule has 0 fully saturated rings. The molecule has 2 aromatic carbocycles. The fourth-order valence-corrected chi connectivity index (χ4v) is 2.85. The van der Waals surface area contributed by atoms with Crippen LogP contribution in [0.5, 0.6) is 0 Å². The molecule has 0 aliphatic rings. The molecule has 7 nitrogen and oxygen atoms in total. The van der Waals surface area contributed by atoms with Crippen LogP contribution in [0.25, 0.3) is 0 Å². The Morgan fingerprint density at radius 2 is 1.59 bits per heavy atom. The van der Waals surface area contributed by atoms with Gasteiger partial charge in [-0.2, -0.15) is 0 Å². The van der Waals surface area contributed by atoms with Gasteiger partial charge in [0.25, 0.3) is 0 Å². The van der Waals surface area contributed by atoms with Crippen molar-refractivity contribution in [3.63, 3.8) is 0 Å². The van der Waals surface area contributed by atoms with E-state index in [2.05, 4.69) is 20.6 Å². The van der Waals surface area contributed by atoms with Crippen molar-refractivity contribution < 1.29 is 4.92 Å². The van der Waals surface area contributed by atoms with Crippen LogP contribution in [-0.4, -0.2) is 14.9 Å². The van der Waals surface area contributed by atoms with Crippen molar-refractivity contribution in [2.75, 3.05) is 10.6 Å². The van der Waals surface area contributed by atoms with E-state index in [1.54, 1.807) is 18.2 Å². The Balaban J connectivity index is 2.02. The fourth-order valence-electron chi connectivity index (χ4n) is 2.63. The Morgan fingerprint density at radius 1 is 0.926 bits per heavy atom. The zero-order valence-electron chi connectivity index (χ0n) is 15.1. The molecule has 0 unspecified atom stereocenters. The minimum Gasteiger partial charge on any atom is -0.334 e. The third-order valence-corrected chi connectivity index (χ3v) is 4.33. The topological polar surface area (TPSA) is 93.0 Å². The van der Waals surface area contributed by atoms with Crippen LogP contribution >= 0.6 is 11.6 Å². The highest BCUT2D eigenvalue weighted by Gasteiger charge is 2.24. The Labute approximate surface area is 161 Å². The van der Waals surface area contributed by atoms with Gasteiger partial charge < -0.3 is 10.6 Å². The second-order valence-corrected chi connectivity index (χ2v) is 6.64. The summed E-state index contributed by atoms with van der Waals surface area (Å²) in [5.41, 5.74) is 4.04. The predicted molar refractivity (Wildman–Crippen MR) is 107 cm³/mol. The third-order valence-electron chi connectivity index (χ3n) is 4.09. The van der Waals surface area contributed by atoms with Gasteiger partial charge in [-0.1, -0.05) is 23.7 Å². The van der Waals surface area contributed by atoms with Gasteiger partial charge in [-0.25, -0.2) is 9.97 Å². The second kappa shape index (κ2) is 7.59. The maximum Gasteiger partial charge on any atom is 0.353 e. The highest BCUT2D eigenvalue weighted by atomic mass is 35.5. The molecule has 0 aliphatic heterocycles. The molecule has 3 aromatic rings. The Hall–Kier alpha value is -3.19. The Morgan fingerprint density at radius 3 is 2.22 bits per heavy atom. The molecular weight excluding hydrogens is 366 g/mol. The van der Waals surface area contributed by atoms with Crippen LogP contribution in [0.15, 0.2) is 42.7 Å². The number of nitrogens with zero attached hydrogens (tertiary/aromatic N) is 3. The molecule has 27 heavy (non-hydrogen) atoms. The van der Waals surface area contributed by atoms with Crippen LogP contribution in [0, 0.1) is 30.9 Å². The van der Waals surface area contributed by atoms with Crippen LogP contribution in [0.3, 0.4) is 0 Å². The van der Waals surface area contributed by atoms with Crippen LogP contribution in [-0.2, 0) is 0 Å². The first kappa shape index (κ1) is 18.6. The lowest BCUT2D eigenvalue weighted by Gasteiger charge is -2.13. The van der Waals surface area contributed by atoms with E-state index in [0.717, 1.165) is 22.4 Å². The van der Waals surface area contributed by atoms with E-state index in [-0.39, 0.29) is 17.3 Å². The molecule has 0 spiro atoms. The highest BCUT2D eigenvalue weighted by Crippen LogP contribution is 2.34. The number of aromatic nitrogens is 2. The van der Waals surface area contributed by atoms with Gasteiger partial charge in [0.05, 0.1) is 4.92 Å². The number of nitrogens with one attached hydrogen (secondary N) is 2.